The van der Waals surface area contributed by atoms with Crippen LogP contribution in [-0.4, -0.2) is 26.2 Å². The standard InChI is InChI=1S/C13H12F6N2O3S/c1-8(20-24-7-6-10(14)12(15)16)9-4-2-3-5-11(9)21-25(22,23)13(17,18)19/h2-5,21H,6-7H2,1H3. The van der Waals surface area contributed by atoms with E-state index in [-0.39, 0.29) is 11.3 Å². The maximum Gasteiger partial charge on any atom is 0.516 e. The van der Waals surface area contributed by atoms with Gasteiger partial charge in [0.25, 0.3) is 0 Å². The first kappa shape index (κ1) is 20.8. The van der Waals surface area contributed by atoms with Gasteiger partial charge in [-0.3, -0.25) is 4.72 Å². The summed E-state index contributed by atoms with van der Waals surface area (Å²) in [4.78, 5) is 4.60. The zero-order valence-corrected chi connectivity index (χ0v) is 13.4. The highest BCUT2D eigenvalue weighted by molar-refractivity contribution is 7.93. The minimum Gasteiger partial charge on any atom is -0.395 e. The van der Waals surface area contributed by atoms with Crippen molar-refractivity contribution in [2.45, 2.75) is 18.9 Å². The number of anilines is 1. The van der Waals surface area contributed by atoms with Crippen LogP contribution in [0.4, 0.5) is 32.0 Å². The van der Waals surface area contributed by atoms with E-state index in [1.807, 2.05) is 0 Å². The smallest absolute Gasteiger partial charge is 0.395 e. The number of nitrogens with zero attached hydrogens (tertiary/aromatic N) is 1. The van der Waals surface area contributed by atoms with Crippen LogP contribution in [0.15, 0.2) is 41.3 Å². The number of alkyl halides is 3. The maximum atomic E-state index is 12.6. The molecular formula is C13H12F6N2O3S. The molecule has 1 N–H and O–H groups in total. The van der Waals surface area contributed by atoms with E-state index in [0.717, 1.165) is 6.07 Å². The molecule has 12 heteroatoms. The Balaban J connectivity index is 2.92. The second-order valence-electron chi connectivity index (χ2n) is 4.52. The molecule has 1 rings (SSSR count). The van der Waals surface area contributed by atoms with Crippen molar-refractivity contribution in [2.24, 2.45) is 5.16 Å². The molecular weight excluding hydrogens is 378 g/mol. The molecule has 0 unspecified atom stereocenters. The van der Waals surface area contributed by atoms with E-state index in [4.69, 9.17) is 0 Å². The molecule has 140 valence electrons. The molecule has 0 aromatic heterocycles. The summed E-state index contributed by atoms with van der Waals surface area (Å²) < 4.78 is 97.3. The van der Waals surface area contributed by atoms with Crippen LogP contribution in [-0.2, 0) is 14.9 Å². The molecule has 0 saturated heterocycles. The first-order chi connectivity index (χ1) is 11.5. The van der Waals surface area contributed by atoms with Gasteiger partial charge in [0.1, 0.15) is 6.61 Å². The van der Waals surface area contributed by atoms with Crippen molar-refractivity contribution >= 4 is 21.4 Å². The van der Waals surface area contributed by atoms with Gasteiger partial charge in [0.2, 0.25) is 0 Å². The van der Waals surface area contributed by atoms with Gasteiger partial charge in [0.05, 0.1) is 11.4 Å². The lowest BCUT2D eigenvalue weighted by Crippen LogP contribution is -2.30. The topological polar surface area (TPSA) is 67.8 Å². The van der Waals surface area contributed by atoms with E-state index in [0.29, 0.717) is 0 Å². The Hall–Kier alpha value is -2.24. The highest BCUT2D eigenvalue weighted by Crippen LogP contribution is 2.27. The molecule has 0 amide bonds. The van der Waals surface area contributed by atoms with E-state index in [1.54, 1.807) is 0 Å². The Labute approximate surface area is 139 Å². The van der Waals surface area contributed by atoms with Crippen LogP contribution in [0.3, 0.4) is 0 Å². The summed E-state index contributed by atoms with van der Waals surface area (Å²) in [5.74, 6) is -1.67. The molecule has 5 nitrogen and oxygen atoms in total. The third-order valence-corrected chi connectivity index (χ3v) is 3.78. The fourth-order valence-electron chi connectivity index (χ4n) is 1.51. The second kappa shape index (κ2) is 8.23. The maximum absolute atomic E-state index is 12.6. The van der Waals surface area contributed by atoms with Gasteiger partial charge in [-0.05, 0) is 13.0 Å². The zero-order valence-electron chi connectivity index (χ0n) is 12.6. The second-order valence-corrected chi connectivity index (χ2v) is 6.20. The Morgan fingerprint density at radius 1 is 1.20 bits per heavy atom. The molecule has 0 aliphatic heterocycles. The van der Waals surface area contributed by atoms with Crippen LogP contribution < -0.4 is 4.72 Å². The van der Waals surface area contributed by atoms with Crippen LogP contribution in [0.25, 0.3) is 0 Å². The number of hydrogen-bond acceptors (Lipinski definition) is 4. The van der Waals surface area contributed by atoms with Crippen molar-refractivity contribution < 1.29 is 39.6 Å². The lowest BCUT2D eigenvalue weighted by atomic mass is 10.1. The molecule has 0 heterocycles. The fourth-order valence-corrected chi connectivity index (χ4v) is 2.09. The van der Waals surface area contributed by atoms with Gasteiger partial charge in [0, 0.05) is 12.0 Å². The summed E-state index contributed by atoms with van der Waals surface area (Å²) in [6, 6.07) is 5.02. The predicted octanol–water partition coefficient (Wildman–Crippen LogP) is 4.16. The normalized spacial score (nSPS) is 12.7. The Morgan fingerprint density at radius 3 is 2.36 bits per heavy atom. The van der Waals surface area contributed by atoms with Crippen molar-refractivity contribution in [3.63, 3.8) is 0 Å². The molecule has 0 spiro atoms. The summed E-state index contributed by atoms with van der Waals surface area (Å²) in [6.07, 6.45) is -3.24. The van der Waals surface area contributed by atoms with Gasteiger partial charge in [-0.25, -0.2) is 4.39 Å². The number of halogens is 6. The lowest BCUT2D eigenvalue weighted by Gasteiger charge is -2.13. The van der Waals surface area contributed by atoms with Gasteiger partial charge in [-0.15, -0.1) is 0 Å². The monoisotopic (exact) mass is 390 g/mol. The van der Waals surface area contributed by atoms with Gasteiger partial charge in [0.15, 0.2) is 5.83 Å². The molecule has 0 fully saturated rings. The predicted molar refractivity (Wildman–Crippen MR) is 78.2 cm³/mol. The minimum absolute atomic E-state index is 0.0389. The molecule has 0 bridgehead atoms. The van der Waals surface area contributed by atoms with Gasteiger partial charge in [-0.1, -0.05) is 23.4 Å². The van der Waals surface area contributed by atoms with Gasteiger partial charge < -0.3 is 4.84 Å². The number of sulfonamides is 1. The van der Waals surface area contributed by atoms with Crippen molar-refractivity contribution in [3.8, 4) is 0 Å². The highest BCUT2D eigenvalue weighted by Gasteiger charge is 2.46. The molecule has 0 radical (unpaired) electrons. The SMILES string of the molecule is CC(=NOCCC(F)=C(F)F)c1ccccc1NS(=O)(=O)C(F)(F)F. The number of nitrogens with one attached hydrogen (secondary N) is 1. The van der Waals surface area contributed by atoms with Crippen LogP contribution in [0.2, 0.25) is 0 Å². The first-order valence-corrected chi connectivity index (χ1v) is 7.98. The largest absolute Gasteiger partial charge is 0.516 e. The molecule has 1 aromatic carbocycles. The van der Waals surface area contributed by atoms with Crippen LogP contribution >= 0.6 is 0 Å². The molecule has 0 aliphatic rings. The Bertz CT molecular complexity index is 770. The van der Waals surface area contributed by atoms with Crippen molar-refractivity contribution in [3.05, 3.63) is 41.7 Å². The van der Waals surface area contributed by atoms with Crippen molar-refractivity contribution in [1.29, 1.82) is 0 Å². The molecule has 0 aliphatic carbocycles. The highest BCUT2D eigenvalue weighted by atomic mass is 32.2. The molecule has 0 atom stereocenters. The Kier molecular flexibility index (Phi) is 6.85. The third-order valence-electron chi connectivity index (χ3n) is 2.69. The van der Waals surface area contributed by atoms with E-state index in [9.17, 15) is 34.8 Å². The number of oxime groups is 1. The van der Waals surface area contributed by atoms with Crippen LogP contribution in [0.1, 0.15) is 18.9 Å². The summed E-state index contributed by atoms with van der Waals surface area (Å²) in [5.41, 5.74) is -6.01. The quantitative estimate of drug-likeness (QED) is 0.329. The van der Waals surface area contributed by atoms with Crippen molar-refractivity contribution in [1.82, 2.24) is 0 Å². The van der Waals surface area contributed by atoms with Crippen LogP contribution in [0.5, 0.6) is 0 Å². The average Bonchev–Trinajstić information content (AvgIpc) is 2.50. The van der Waals surface area contributed by atoms with E-state index < -0.39 is 46.2 Å². The zero-order chi connectivity index (χ0) is 19.3. The molecule has 25 heavy (non-hydrogen) atoms. The summed E-state index contributed by atoms with van der Waals surface area (Å²) in [7, 11) is -5.64. The van der Waals surface area contributed by atoms with Crippen LogP contribution in [0, 0.1) is 0 Å². The number of benzene rings is 1. The van der Waals surface area contributed by atoms with Gasteiger partial charge >= 0.3 is 21.6 Å². The van der Waals surface area contributed by atoms with E-state index in [1.165, 1.54) is 29.8 Å². The first-order valence-electron chi connectivity index (χ1n) is 6.50. The lowest BCUT2D eigenvalue weighted by molar-refractivity contribution is -0.0429. The molecule has 1 aromatic rings. The van der Waals surface area contributed by atoms with E-state index in [2.05, 4.69) is 9.99 Å². The number of hydrogen-bond donors (Lipinski definition) is 1. The fraction of sp³-hybridized carbons (Fsp3) is 0.308. The third kappa shape index (κ3) is 5.96. The number of rotatable bonds is 7. The van der Waals surface area contributed by atoms with Crippen molar-refractivity contribution in [2.75, 3.05) is 11.3 Å². The minimum atomic E-state index is -5.64. The Morgan fingerprint density at radius 2 is 1.80 bits per heavy atom. The number of para-hydroxylation sites is 1. The average molecular weight is 390 g/mol. The summed E-state index contributed by atoms with van der Waals surface area (Å²) in [6.45, 7) is 0.736. The summed E-state index contributed by atoms with van der Waals surface area (Å²) in [5, 5.41) is 3.44. The molecule has 0 saturated carbocycles. The summed E-state index contributed by atoms with van der Waals surface area (Å²) >= 11 is 0. The van der Waals surface area contributed by atoms with Gasteiger partial charge in [-0.2, -0.15) is 30.4 Å². The van der Waals surface area contributed by atoms with E-state index >= 15 is 0 Å².